The predicted molar refractivity (Wildman–Crippen MR) is 84.4 cm³/mol. The lowest BCUT2D eigenvalue weighted by molar-refractivity contribution is 1.05. The molecule has 0 spiro atoms. The molecule has 0 bridgehead atoms. The van der Waals surface area contributed by atoms with E-state index in [2.05, 4.69) is 40.2 Å². The Morgan fingerprint density at radius 3 is 2.70 bits per heavy atom. The van der Waals surface area contributed by atoms with Crippen molar-refractivity contribution in [2.45, 2.75) is 25.3 Å². The number of benzene rings is 2. The average molecular weight is 283 g/mol. The number of halogens is 1. The second kappa shape index (κ2) is 4.64. The molecule has 3 heteroatoms. The fraction of sp³-hybridized carbons (Fsp3) is 0.235. The Bertz CT molecular complexity index is 689. The van der Waals surface area contributed by atoms with Crippen molar-refractivity contribution in [2.24, 2.45) is 4.99 Å². The maximum atomic E-state index is 6.43. The molecule has 1 saturated carbocycles. The van der Waals surface area contributed by atoms with Crippen LogP contribution in [0.1, 0.15) is 24.0 Å². The molecule has 2 nitrogen and oxygen atoms in total. The Balaban J connectivity index is 1.86. The van der Waals surface area contributed by atoms with E-state index in [0.29, 0.717) is 6.04 Å². The Labute approximate surface area is 123 Å². The van der Waals surface area contributed by atoms with Crippen molar-refractivity contribution in [3.8, 4) is 0 Å². The molecule has 0 aromatic heterocycles. The molecule has 1 aliphatic heterocycles. The summed E-state index contributed by atoms with van der Waals surface area (Å²) in [5, 5.41) is 0.791. The first kappa shape index (κ1) is 12.0. The maximum absolute atomic E-state index is 6.43. The van der Waals surface area contributed by atoms with Gasteiger partial charge in [0.2, 0.25) is 0 Å². The second-order valence-electron chi connectivity index (χ2n) is 5.42. The minimum atomic E-state index is 0.509. The Hall–Kier alpha value is -1.80. The summed E-state index contributed by atoms with van der Waals surface area (Å²) in [5.74, 6) is 0. The highest BCUT2D eigenvalue weighted by Gasteiger charge is 2.25. The van der Waals surface area contributed by atoms with Crippen molar-refractivity contribution in [2.75, 3.05) is 4.90 Å². The fourth-order valence-corrected chi connectivity index (χ4v) is 2.98. The van der Waals surface area contributed by atoms with E-state index in [1.807, 2.05) is 18.5 Å². The van der Waals surface area contributed by atoms with Crippen LogP contribution >= 0.6 is 11.6 Å². The summed E-state index contributed by atoms with van der Waals surface area (Å²) in [6, 6.07) is 15.1. The van der Waals surface area contributed by atoms with Crippen molar-refractivity contribution in [1.82, 2.24) is 0 Å². The van der Waals surface area contributed by atoms with Crippen LogP contribution in [0.25, 0.3) is 0 Å². The Morgan fingerprint density at radius 1 is 1.05 bits per heavy atom. The molecule has 0 N–H and O–H groups in total. The first-order valence-electron chi connectivity index (χ1n) is 7.01. The molecule has 20 heavy (non-hydrogen) atoms. The van der Waals surface area contributed by atoms with Gasteiger partial charge in [-0.15, -0.1) is 0 Å². The van der Waals surface area contributed by atoms with Gasteiger partial charge in [-0.05, 0) is 36.1 Å². The molecule has 1 fully saturated rings. The fourth-order valence-electron chi connectivity index (χ4n) is 2.70. The van der Waals surface area contributed by atoms with Gasteiger partial charge in [0.25, 0.3) is 0 Å². The highest BCUT2D eigenvalue weighted by molar-refractivity contribution is 6.34. The van der Waals surface area contributed by atoms with Gasteiger partial charge >= 0.3 is 0 Å². The molecule has 2 aromatic carbocycles. The molecule has 2 aliphatic rings. The lowest BCUT2D eigenvalue weighted by atomic mass is 9.96. The van der Waals surface area contributed by atoms with E-state index in [0.717, 1.165) is 17.1 Å². The Kier molecular flexibility index (Phi) is 2.78. The van der Waals surface area contributed by atoms with Gasteiger partial charge in [-0.3, -0.25) is 9.89 Å². The molecule has 0 atom stereocenters. The van der Waals surface area contributed by atoms with Crippen molar-refractivity contribution >= 4 is 29.3 Å². The molecule has 1 aliphatic carbocycles. The van der Waals surface area contributed by atoms with E-state index in [9.17, 15) is 0 Å². The predicted octanol–water partition coefficient (Wildman–Crippen LogP) is 4.57. The van der Waals surface area contributed by atoms with Gasteiger partial charge < -0.3 is 0 Å². The standard InChI is InChI=1S/C17H15ClN2/c18-15-6-3-5-13-10-12-4-1-2-7-16(12)20(17(13)15)11-19-14-8-9-14/h1-7,11,14H,8-10H2. The summed E-state index contributed by atoms with van der Waals surface area (Å²) in [6.45, 7) is 0. The second-order valence-corrected chi connectivity index (χ2v) is 5.83. The summed E-state index contributed by atoms with van der Waals surface area (Å²) < 4.78 is 0. The van der Waals surface area contributed by atoms with E-state index < -0.39 is 0 Å². The van der Waals surface area contributed by atoms with Crippen molar-refractivity contribution in [1.29, 1.82) is 0 Å². The summed E-state index contributed by atoms with van der Waals surface area (Å²) in [6.07, 6.45) is 5.31. The van der Waals surface area contributed by atoms with Gasteiger partial charge in [-0.25, -0.2) is 0 Å². The normalized spacial score (nSPS) is 17.1. The number of aliphatic imine (C=N–C) groups is 1. The van der Waals surface area contributed by atoms with E-state index in [1.165, 1.54) is 29.7 Å². The van der Waals surface area contributed by atoms with Crippen LogP contribution < -0.4 is 4.90 Å². The van der Waals surface area contributed by atoms with E-state index in [4.69, 9.17) is 11.6 Å². The number of fused-ring (bicyclic) bond motifs is 2. The summed E-state index contributed by atoms with van der Waals surface area (Å²) in [4.78, 5) is 6.79. The van der Waals surface area contributed by atoms with Gasteiger partial charge in [-0.1, -0.05) is 41.9 Å². The van der Waals surface area contributed by atoms with Gasteiger partial charge in [0.15, 0.2) is 0 Å². The minimum Gasteiger partial charge on any atom is -0.299 e. The van der Waals surface area contributed by atoms with Gasteiger partial charge in [0.1, 0.15) is 0 Å². The highest BCUT2D eigenvalue weighted by Crippen LogP contribution is 2.41. The van der Waals surface area contributed by atoms with E-state index in [-0.39, 0.29) is 0 Å². The monoisotopic (exact) mass is 282 g/mol. The number of rotatable bonds is 2. The van der Waals surface area contributed by atoms with Gasteiger partial charge in [-0.2, -0.15) is 0 Å². The van der Waals surface area contributed by atoms with E-state index >= 15 is 0 Å². The first-order chi connectivity index (χ1) is 9.83. The third-order valence-electron chi connectivity index (χ3n) is 3.88. The highest BCUT2D eigenvalue weighted by atomic mass is 35.5. The number of hydrogen-bond donors (Lipinski definition) is 0. The number of anilines is 2. The van der Waals surface area contributed by atoms with Crippen LogP contribution in [0.4, 0.5) is 11.4 Å². The smallest absolute Gasteiger partial charge is 0.0944 e. The molecule has 4 rings (SSSR count). The van der Waals surface area contributed by atoms with Gasteiger partial charge in [0, 0.05) is 6.42 Å². The molecule has 0 unspecified atom stereocenters. The molecular formula is C17H15ClN2. The zero-order valence-electron chi connectivity index (χ0n) is 11.1. The van der Waals surface area contributed by atoms with E-state index in [1.54, 1.807) is 0 Å². The number of nitrogens with zero attached hydrogens (tertiary/aromatic N) is 2. The minimum absolute atomic E-state index is 0.509. The molecule has 0 radical (unpaired) electrons. The topological polar surface area (TPSA) is 15.6 Å². The molecular weight excluding hydrogens is 268 g/mol. The summed E-state index contributed by atoms with van der Waals surface area (Å²) in [5.41, 5.74) is 4.86. The first-order valence-corrected chi connectivity index (χ1v) is 7.38. The number of para-hydroxylation sites is 2. The van der Waals surface area contributed by atoms with Crippen LogP contribution in [0.2, 0.25) is 5.02 Å². The SMILES string of the molecule is Clc1cccc2c1N(C=NC1CC1)c1ccccc1C2. The van der Waals surface area contributed by atoms with Crippen LogP contribution in [0.15, 0.2) is 47.5 Å². The van der Waals surface area contributed by atoms with Crippen LogP contribution in [0.3, 0.4) is 0 Å². The summed E-state index contributed by atoms with van der Waals surface area (Å²) in [7, 11) is 0. The third kappa shape index (κ3) is 2.01. The van der Waals surface area contributed by atoms with Crippen LogP contribution in [0, 0.1) is 0 Å². The van der Waals surface area contributed by atoms with Gasteiger partial charge in [0.05, 0.1) is 28.8 Å². The zero-order valence-corrected chi connectivity index (χ0v) is 11.8. The Morgan fingerprint density at radius 2 is 1.85 bits per heavy atom. The molecule has 0 saturated heterocycles. The lowest BCUT2D eigenvalue weighted by Crippen LogP contribution is -2.22. The van der Waals surface area contributed by atoms with Crippen LogP contribution in [0.5, 0.6) is 0 Å². The largest absolute Gasteiger partial charge is 0.299 e. The molecule has 2 aromatic rings. The third-order valence-corrected chi connectivity index (χ3v) is 4.19. The maximum Gasteiger partial charge on any atom is 0.0944 e. The van der Waals surface area contributed by atoms with Crippen molar-refractivity contribution in [3.63, 3.8) is 0 Å². The quantitative estimate of drug-likeness (QED) is 0.582. The zero-order chi connectivity index (χ0) is 13.5. The van der Waals surface area contributed by atoms with Crippen molar-refractivity contribution < 1.29 is 0 Å². The summed E-state index contributed by atoms with van der Waals surface area (Å²) >= 11 is 6.43. The average Bonchev–Trinajstić information content (AvgIpc) is 3.28. The molecule has 1 heterocycles. The molecule has 100 valence electrons. The van der Waals surface area contributed by atoms with Crippen LogP contribution in [-0.2, 0) is 6.42 Å². The lowest BCUT2D eigenvalue weighted by Gasteiger charge is -2.30. The molecule has 0 amide bonds. The van der Waals surface area contributed by atoms with Crippen LogP contribution in [-0.4, -0.2) is 12.4 Å². The number of hydrogen-bond acceptors (Lipinski definition) is 1. The van der Waals surface area contributed by atoms with Crippen molar-refractivity contribution in [3.05, 3.63) is 58.6 Å².